The van der Waals surface area contributed by atoms with E-state index in [2.05, 4.69) is 44.5 Å². The van der Waals surface area contributed by atoms with Crippen LogP contribution in [0.3, 0.4) is 0 Å². The number of amides is 1. The van der Waals surface area contributed by atoms with Crippen molar-refractivity contribution in [3.05, 3.63) is 58.4 Å². The lowest BCUT2D eigenvalue weighted by Gasteiger charge is -2.34. The van der Waals surface area contributed by atoms with Gasteiger partial charge in [-0.1, -0.05) is 35.0 Å². The van der Waals surface area contributed by atoms with Crippen molar-refractivity contribution in [1.82, 2.24) is 14.4 Å². The quantitative estimate of drug-likeness (QED) is 0.650. The van der Waals surface area contributed by atoms with E-state index in [0.29, 0.717) is 12.2 Å². The Bertz CT molecular complexity index is 905. The fraction of sp³-hybridized carbons (Fsp3) is 0.350. The summed E-state index contributed by atoms with van der Waals surface area (Å²) in [6.07, 6.45) is 1.68. The van der Waals surface area contributed by atoms with E-state index < -0.39 is 0 Å². The van der Waals surface area contributed by atoms with Crippen molar-refractivity contribution < 1.29 is 9.21 Å². The van der Waals surface area contributed by atoms with Crippen molar-refractivity contribution in [2.24, 2.45) is 0 Å². The van der Waals surface area contributed by atoms with Crippen molar-refractivity contribution in [1.29, 1.82) is 0 Å². The number of aromatic nitrogens is 1. The molecule has 1 amide bonds. The Kier molecular flexibility index (Phi) is 4.87. The summed E-state index contributed by atoms with van der Waals surface area (Å²) in [4.78, 5) is 17.5. The van der Waals surface area contributed by atoms with Gasteiger partial charge in [-0.25, -0.2) is 0 Å². The molecule has 0 saturated carbocycles. The second-order valence-corrected chi connectivity index (χ2v) is 7.55. The number of hydrogen-bond acceptors (Lipinski definition) is 3. The number of nitrogens with zero attached hydrogens (tertiary/aromatic N) is 3. The zero-order valence-electron chi connectivity index (χ0n) is 14.8. The minimum Gasteiger partial charge on any atom is -0.463 e. The highest BCUT2D eigenvalue weighted by Gasteiger charge is 2.25. The van der Waals surface area contributed by atoms with Crippen LogP contribution < -0.4 is 0 Å². The highest BCUT2D eigenvalue weighted by Crippen LogP contribution is 2.24. The number of likely N-dealkylation sites (N-methyl/N-ethyl adjacent to an activating group) is 1. The molecule has 0 bridgehead atoms. The number of carbonyl (C=O) groups excluding carboxylic acids is 1. The summed E-state index contributed by atoms with van der Waals surface area (Å²) in [7, 11) is 0. The molecule has 0 spiro atoms. The van der Waals surface area contributed by atoms with E-state index in [4.69, 9.17) is 4.42 Å². The van der Waals surface area contributed by atoms with E-state index in [-0.39, 0.29) is 5.91 Å². The van der Waals surface area contributed by atoms with Crippen LogP contribution in [0, 0.1) is 0 Å². The SMILES string of the molecule is CCN1CCN(C(=O)c2cc3occc3n2Cc2ccc(Br)cc2)CC1. The number of carbonyl (C=O) groups is 1. The van der Waals surface area contributed by atoms with Crippen LogP contribution in [0.25, 0.3) is 11.1 Å². The van der Waals surface area contributed by atoms with Gasteiger partial charge in [0.05, 0.1) is 11.8 Å². The fourth-order valence-electron chi connectivity index (χ4n) is 3.53. The molecule has 0 N–H and O–H groups in total. The third-order valence-electron chi connectivity index (χ3n) is 5.10. The first kappa shape index (κ1) is 17.4. The Morgan fingerprint density at radius 1 is 1.12 bits per heavy atom. The average molecular weight is 416 g/mol. The highest BCUT2D eigenvalue weighted by molar-refractivity contribution is 9.10. The van der Waals surface area contributed by atoms with Crippen LogP contribution in [0.2, 0.25) is 0 Å². The molecular weight excluding hydrogens is 394 g/mol. The van der Waals surface area contributed by atoms with Gasteiger partial charge in [0.1, 0.15) is 5.69 Å². The van der Waals surface area contributed by atoms with Gasteiger partial charge in [0.2, 0.25) is 0 Å². The first-order valence-corrected chi connectivity index (χ1v) is 9.78. The Labute approximate surface area is 161 Å². The Balaban J connectivity index is 1.63. The molecule has 0 atom stereocenters. The number of furan rings is 1. The van der Waals surface area contributed by atoms with Gasteiger partial charge in [-0.3, -0.25) is 4.79 Å². The molecule has 3 heterocycles. The van der Waals surface area contributed by atoms with Crippen molar-refractivity contribution in [2.75, 3.05) is 32.7 Å². The van der Waals surface area contributed by atoms with Crippen LogP contribution >= 0.6 is 15.9 Å². The summed E-state index contributed by atoms with van der Waals surface area (Å²) in [6.45, 7) is 7.27. The number of benzene rings is 1. The van der Waals surface area contributed by atoms with Crippen LogP contribution in [0.5, 0.6) is 0 Å². The van der Waals surface area contributed by atoms with Crippen molar-refractivity contribution in [2.45, 2.75) is 13.5 Å². The normalized spacial score (nSPS) is 15.7. The Morgan fingerprint density at radius 3 is 2.54 bits per heavy atom. The molecule has 0 aliphatic carbocycles. The predicted octanol–water partition coefficient (Wildman–Crippen LogP) is 3.82. The first-order chi connectivity index (χ1) is 12.7. The molecule has 1 aliphatic heterocycles. The van der Waals surface area contributed by atoms with Crippen LogP contribution in [-0.2, 0) is 6.54 Å². The molecule has 4 rings (SSSR count). The molecule has 136 valence electrons. The van der Waals surface area contributed by atoms with E-state index in [1.54, 1.807) is 6.26 Å². The van der Waals surface area contributed by atoms with Gasteiger partial charge in [0.15, 0.2) is 5.58 Å². The molecule has 1 saturated heterocycles. The second-order valence-electron chi connectivity index (χ2n) is 6.64. The zero-order chi connectivity index (χ0) is 18.1. The summed E-state index contributed by atoms with van der Waals surface area (Å²) in [6, 6.07) is 12.0. The summed E-state index contributed by atoms with van der Waals surface area (Å²) in [5, 5.41) is 0. The van der Waals surface area contributed by atoms with Gasteiger partial charge in [-0.15, -0.1) is 0 Å². The van der Waals surface area contributed by atoms with Crippen LogP contribution in [-0.4, -0.2) is 53.0 Å². The lowest BCUT2D eigenvalue weighted by molar-refractivity contribution is 0.0633. The Hall–Kier alpha value is -2.05. The molecular formula is C20H22BrN3O2. The summed E-state index contributed by atoms with van der Waals surface area (Å²) < 4.78 is 8.68. The molecule has 6 heteroatoms. The zero-order valence-corrected chi connectivity index (χ0v) is 16.4. The maximum Gasteiger partial charge on any atom is 0.270 e. The van der Waals surface area contributed by atoms with Crippen molar-refractivity contribution >= 4 is 32.9 Å². The van der Waals surface area contributed by atoms with Gasteiger partial charge in [0, 0.05) is 49.3 Å². The van der Waals surface area contributed by atoms with Crippen molar-refractivity contribution in [3.8, 4) is 0 Å². The largest absolute Gasteiger partial charge is 0.463 e. The van der Waals surface area contributed by atoms with Gasteiger partial charge >= 0.3 is 0 Å². The average Bonchev–Trinajstić information content (AvgIpc) is 3.25. The van der Waals surface area contributed by atoms with E-state index in [0.717, 1.165) is 53.9 Å². The third kappa shape index (κ3) is 3.31. The van der Waals surface area contributed by atoms with Gasteiger partial charge < -0.3 is 18.8 Å². The van der Waals surface area contributed by atoms with Gasteiger partial charge in [-0.2, -0.15) is 0 Å². The standard InChI is InChI=1S/C20H22BrN3O2/c1-2-22-8-10-23(11-9-22)20(25)18-13-19-17(7-12-26-19)24(18)14-15-3-5-16(21)6-4-15/h3-7,12-13H,2,8-11,14H2,1H3. The van der Waals surface area contributed by atoms with Crippen molar-refractivity contribution in [3.63, 3.8) is 0 Å². The van der Waals surface area contributed by atoms with E-state index >= 15 is 0 Å². The summed E-state index contributed by atoms with van der Waals surface area (Å²) >= 11 is 3.47. The summed E-state index contributed by atoms with van der Waals surface area (Å²) in [5.41, 5.74) is 3.57. The number of rotatable bonds is 4. The summed E-state index contributed by atoms with van der Waals surface area (Å²) in [5.74, 6) is 0.0873. The molecule has 2 aromatic heterocycles. The molecule has 0 radical (unpaired) electrons. The second kappa shape index (κ2) is 7.29. The Morgan fingerprint density at radius 2 is 1.85 bits per heavy atom. The number of piperazine rings is 1. The first-order valence-electron chi connectivity index (χ1n) is 8.98. The molecule has 1 fully saturated rings. The minimum absolute atomic E-state index is 0.0873. The van der Waals surface area contributed by atoms with Gasteiger partial charge in [0.25, 0.3) is 5.91 Å². The number of hydrogen-bond donors (Lipinski definition) is 0. The molecule has 0 unspecified atom stereocenters. The number of fused-ring (bicyclic) bond motifs is 1. The maximum absolute atomic E-state index is 13.2. The monoisotopic (exact) mass is 415 g/mol. The predicted molar refractivity (Wildman–Crippen MR) is 105 cm³/mol. The topological polar surface area (TPSA) is 41.6 Å². The highest BCUT2D eigenvalue weighted by atomic mass is 79.9. The third-order valence-corrected chi connectivity index (χ3v) is 5.63. The lowest BCUT2D eigenvalue weighted by atomic mass is 10.2. The smallest absolute Gasteiger partial charge is 0.270 e. The number of halogens is 1. The fourth-order valence-corrected chi connectivity index (χ4v) is 3.79. The molecule has 26 heavy (non-hydrogen) atoms. The lowest BCUT2D eigenvalue weighted by Crippen LogP contribution is -2.48. The van der Waals surface area contributed by atoms with E-state index in [1.165, 1.54) is 0 Å². The van der Waals surface area contributed by atoms with E-state index in [1.807, 2.05) is 29.2 Å². The molecule has 5 nitrogen and oxygen atoms in total. The molecule has 1 aromatic carbocycles. The minimum atomic E-state index is 0.0873. The van der Waals surface area contributed by atoms with Gasteiger partial charge in [-0.05, 0) is 24.2 Å². The maximum atomic E-state index is 13.2. The van der Waals surface area contributed by atoms with Crippen LogP contribution in [0.4, 0.5) is 0 Å². The van der Waals surface area contributed by atoms with E-state index in [9.17, 15) is 4.79 Å². The van der Waals surface area contributed by atoms with Crippen LogP contribution in [0.1, 0.15) is 23.0 Å². The molecule has 3 aromatic rings. The van der Waals surface area contributed by atoms with Crippen LogP contribution in [0.15, 0.2) is 51.6 Å². The molecule has 1 aliphatic rings.